The minimum atomic E-state index is 0.165. The zero-order valence-corrected chi connectivity index (χ0v) is 7.71. The highest BCUT2D eigenvalue weighted by molar-refractivity contribution is 5.85. The van der Waals surface area contributed by atoms with Crippen molar-refractivity contribution in [2.75, 3.05) is 19.6 Å². The summed E-state index contributed by atoms with van der Waals surface area (Å²) in [5, 5.41) is 3.04. The first-order valence-electron chi connectivity index (χ1n) is 4.70. The minimum Gasteiger partial charge on any atom is -0.341 e. The highest BCUT2D eigenvalue weighted by atomic mass is 16.2. The molecule has 0 aromatic heterocycles. The van der Waals surface area contributed by atoms with Crippen LogP contribution in [0.15, 0.2) is 0 Å². The van der Waals surface area contributed by atoms with Gasteiger partial charge in [0.25, 0.3) is 0 Å². The maximum absolute atomic E-state index is 11.4. The van der Waals surface area contributed by atoms with Crippen molar-refractivity contribution >= 4 is 5.91 Å². The smallest absolute Gasteiger partial charge is 0.241 e. The van der Waals surface area contributed by atoms with Gasteiger partial charge in [0.1, 0.15) is 0 Å². The average molecular weight is 168 g/mol. The molecular weight excluding hydrogens is 152 g/mol. The Morgan fingerprint density at radius 1 is 1.50 bits per heavy atom. The summed E-state index contributed by atoms with van der Waals surface area (Å²) in [7, 11) is 0. The van der Waals surface area contributed by atoms with Crippen LogP contribution in [0.4, 0.5) is 0 Å². The third-order valence-corrected chi connectivity index (χ3v) is 2.87. The first-order chi connectivity index (χ1) is 5.68. The second-order valence-corrected chi connectivity index (χ2v) is 4.21. The van der Waals surface area contributed by atoms with Gasteiger partial charge in [-0.25, -0.2) is 0 Å². The van der Waals surface area contributed by atoms with Gasteiger partial charge < -0.3 is 10.2 Å². The van der Waals surface area contributed by atoms with E-state index in [9.17, 15) is 4.79 Å². The molecule has 2 aliphatic heterocycles. The lowest BCUT2D eigenvalue weighted by Crippen LogP contribution is -2.53. The molecule has 2 fully saturated rings. The summed E-state index contributed by atoms with van der Waals surface area (Å²) in [6.45, 7) is 7.30. The van der Waals surface area contributed by atoms with E-state index in [-0.39, 0.29) is 6.04 Å². The fraction of sp³-hybridized carbons (Fsp3) is 0.889. The fourth-order valence-electron chi connectivity index (χ4n) is 1.57. The number of rotatable bonds is 2. The van der Waals surface area contributed by atoms with Crippen molar-refractivity contribution < 1.29 is 4.79 Å². The Bertz CT molecular complexity index is 193. The summed E-state index contributed by atoms with van der Waals surface area (Å²) < 4.78 is 0. The third kappa shape index (κ3) is 1.33. The van der Waals surface area contributed by atoms with Crippen molar-refractivity contribution in [2.45, 2.75) is 19.9 Å². The van der Waals surface area contributed by atoms with Crippen LogP contribution in [-0.4, -0.2) is 36.5 Å². The van der Waals surface area contributed by atoms with Gasteiger partial charge in [-0.3, -0.25) is 4.79 Å². The van der Waals surface area contributed by atoms with Gasteiger partial charge in [0.15, 0.2) is 0 Å². The summed E-state index contributed by atoms with van der Waals surface area (Å²) >= 11 is 0. The number of amides is 1. The van der Waals surface area contributed by atoms with E-state index in [0.717, 1.165) is 31.5 Å². The Kier molecular flexibility index (Phi) is 1.83. The lowest BCUT2D eigenvalue weighted by molar-refractivity contribution is -0.137. The molecule has 2 saturated heterocycles. The van der Waals surface area contributed by atoms with E-state index < -0.39 is 0 Å². The number of hydrogen-bond donors (Lipinski definition) is 1. The van der Waals surface area contributed by atoms with Crippen LogP contribution in [0, 0.1) is 11.8 Å². The summed E-state index contributed by atoms with van der Waals surface area (Å²) in [6, 6.07) is 0.165. The summed E-state index contributed by atoms with van der Waals surface area (Å²) in [6.07, 6.45) is 0. The predicted octanol–water partition coefficient (Wildman–Crippen LogP) is 0.0726. The van der Waals surface area contributed by atoms with Crippen LogP contribution in [0.1, 0.15) is 13.8 Å². The van der Waals surface area contributed by atoms with E-state index in [0.29, 0.717) is 5.91 Å². The van der Waals surface area contributed by atoms with Crippen molar-refractivity contribution in [1.82, 2.24) is 10.2 Å². The SMILES string of the molecule is CC(C)C1CN(C(=O)C2CN2)C1. The van der Waals surface area contributed by atoms with Crippen molar-refractivity contribution in [3.8, 4) is 0 Å². The lowest BCUT2D eigenvalue weighted by atomic mass is 9.88. The standard InChI is InChI=1S/C9H16N2O/c1-6(2)7-4-11(5-7)9(12)8-3-10-8/h6-8,10H,3-5H2,1-2H3. The summed E-state index contributed by atoms with van der Waals surface area (Å²) in [5.74, 6) is 1.78. The molecule has 68 valence electrons. The number of hydrogen-bond acceptors (Lipinski definition) is 2. The van der Waals surface area contributed by atoms with Crippen LogP contribution in [-0.2, 0) is 4.79 Å². The largest absolute Gasteiger partial charge is 0.341 e. The molecule has 0 saturated carbocycles. The molecule has 0 bridgehead atoms. The quantitative estimate of drug-likeness (QED) is 0.593. The fourth-order valence-corrected chi connectivity index (χ4v) is 1.57. The zero-order chi connectivity index (χ0) is 8.72. The maximum atomic E-state index is 11.4. The Morgan fingerprint density at radius 2 is 2.08 bits per heavy atom. The first-order valence-corrected chi connectivity index (χ1v) is 4.70. The third-order valence-electron chi connectivity index (χ3n) is 2.87. The van der Waals surface area contributed by atoms with E-state index in [1.165, 1.54) is 0 Å². The van der Waals surface area contributed by atoms with Gasteiger partial charge in [0, 0.05) is 19.6 Å². The van der Waals surface area contributed by atoms with Gasteiger partial charge in [-0.2, -0.15) is 0 Å². The molecule has 2 aliphatic rings. The molecular formula is C9H16N2O. The molecule has 0 spiro atoms. The van der Waals surface area contributed by atoms with E-state index in [1.807, 2.05) is 4.90 Å². The second kappa shape index (κ2) is 2.73. The molecule has 12 heavy (non-hydrogen) atoms. The number of carbonyl (C=O) groups is 1. The molecule has 3 heteroatoms. The van der Waals surface area contributed by atoms with Gasteiger partial charge in [-0.15, -0.1) is 0 Å². The molecule has 3 nitrogen and oxygen atoms in total. The number of nitrogens with one attached hydrogen (secondary N) is 1. The predicted molar refractivity (Wildman–Crippen MR) is 46.7 cm³/mol. The Balaban J connectivity index is 1.76. The molecule has 0 aromatic rings. The van der Waals surface area contributed by atoms with Crippen LogP contribution >= 0.6 is 0 Å². The lowest BCUT2D eigenvalue weighted by Gasteiger charge is -2.41. The molecule has 0 aliphatic carbocycles. The molecule has 1 unspecified atom stereocenters. The van der Waals surface area contributed by atoms with Crippen LogP contribution in [0.2, 0.25) is 0 Å². The highest BCUT2D eigenvalue weighted by Gasteiger charge is 2.39. The molecule has 1 atom stereocenters. The van der Waals surface area contributed by atoms with Crippen LogP contribution < -0.4 is 5.32 Å². The van der Waals surface area contributed by atoms with Crippen molar-refractivity contribution in [3.63, 3.8) is 0 Å². The van der Waals surface area contributed by atoms with E-state index in [1.54, 1.807) is 0 Å². The van der Waals surface area contributed by atoms with E-state index >= 15 is 0 Å². The molecule has 2 heterocycles. The van der Waals surface area contributed by atoms with Crippen molar-refractivity contribution in [2.24, 2.45) is 11.8 Å². The first kappa shape index (κ1) is 8.05. The normalized spacial score (nSPS) is 28.9. The monoisotopic (exact) mass is 168 g/mol. The Hall–Kier alpha value is -0.570. The van der Waals surface area contributed by atoms with Gasteiger partial charge in [0.2, 0.25) is 5.91 Å². The zero-order valence-electron chi connectivity index (χ0n) is 7.71. The molecule has 1 N–H and O–H groups in total. The summed E-state index contributed by atoms with van der Waals surface area (Å²) in [5.41, 5.74) is 0. The maximum Gasteiger partial charge on any atom is 0.241 e. The Morgan fingerprint density at radius 3 is 2.50 bits per heavy atom. The molecule has 1 amide bonds. The van der Waals surface area contributed by atoms with Gasteiger partial charge >= 0.3 is 0 Å². The van der Waals surface area contributed by atoms with Crippen molar-refractivity contribution in [3.05, 3.63) is 0 Å². The molecule has 0 radical (unpaired) electrons. The Labute approximate surface area is 73.1 Å². The van der Waals surface area contributed by atoms with E-state index in [4.69, 9.17) is 0 Å². The highest BCUT2D eigenvalue weighted by Crippen LogP contribution is 2.24. The van der Waals surface area contributed by atoms with Gasteiger partial charge in [0.05, 0.1) is 6.04 Å². The molecule has 0 aromatic carbocycles. The number of carbonyl (C=O) groups excluding carboxylic acids is 1. The summed E-state index contributed by atoms with van der Waals surface area (Å²) in [4.78, 5) is 13.4. The van der Waals surface area contributed by atoms with Crippen LogP contribution in [0.3, 0.4) is 0 Å². The number of likely N-dealkylation sites (tertiary alicyclic amines) is 1. The van der Waals surface area contributed by atoms with Crippen molar-refractivity contribution in [1.29, 1.82) is 0 Å². The van der Waals surface area contributed by atoms with E-state index in [2.05, 4.69) is 19.2 Å². The van der Waals surface area contributed by atoms with Gasteiger partial charge in [-0.05, 0) is 11.8 Å². The second-order valence-electron chi connectivity index (χ2n) is 4.21. The molecule has 2 rings (SSSR count). The van der Waals surface area contributed by atoms with Crippen LogP contribution in [0.25, 0.3) is 0 Å². The number of nitrogens with zero attached hydrogens (tertiary/aromatic N) is 1. The topological polar surface area (TPSA) is 42.2 Å². The average Bonchev–Trinajstić information content (AvgIpc) is 2.62. The van der Waals surface area contributed by atoms with Gasteiger partial charge in [-0.1, -0.05) is 13.8 Å². The minimum absolute atomic E-state index is 0.165. The van der Waals surface area contributed by atoms with Crippen LogP contribution in [0.5, 0.6) is 0 Å².